The molecular weight excluding hydrogens is 372 g/mol. The number of nitrogens with one attached hydrogen (secondary N) is 1. The highest BCUT2D eigenvalue weighted by Gasteiger charge is 2.27. The van der Waals surface area contributed by atoms with Crippen LogP contribution in [0.2, 0.25) is 0 Å². The van der Waals surface area contributed by atoms with E-state index in [0.29, 0.717) is 11.7 Å². The van der Waals surface area contributed by atoms with Gasteiger partial charge in [0.2, 0.25) is 5.91 Å². The number of hydrogen-bond acceptors (Lipinski definition) is 4. The van der Waals surface area contributed by atoms with Gasteiger partial charge in [0.15, 0.2) is 11.7 Å². The van der Waals surface area contributed by atoms with Gasteiger partial charge in [-0.3, -0.25) is 4.79 Å². The molecule has 0 unspecified atom stereocenters. The Hall–Kier alpha value is -1.80. The van der Waals surface area contributed by atoms with Crippen LogP contribution in [0.1, 0.15) is 12.3 Å². The summed E-state index contributed by atoms with van der Waals surface area (Å²) in [6.45, 7) is -1.57. The van der Waals surface area contributed by atoms with Crippen molar-refractivity contribution < 1.29 is 18.0 Å². The van der Waals surface area contributed by atoms with Crippen LogP contribution in [0, 0.1) is 0 Å². The predicted molar refractivity (Wildman–Crippen MR) is 85.0 cm³/mol. The lowest BCUT2D eigenvalue weighted by atomic mass is 10.2. The van der Waals surface area contributed by atoms with Gasteiger partial charge in [0.1, 0.15) is 0 Å². The van der Waals surface area contributed by atoms with Crippen molar-refractivity contribution in [1.29, 1.82) is 0 Å². The Balaban J connectivity index is 1.88. The Morgan fingerprint density at radius 2 is 2.13 bits per heavy atom. The molecule has 0 saturated heterocycles. The molecule has 0 saturated carbocycles. The third-order valence-corrected chi connectivity index (χ3v) is 3.79. The SMILES string of the molecule is NCC(F)(F)CNC(=O)CCc1ncc(-c2ccccc2Br)o1. The lowest BCUT2D eigenvalue weighted by Gasteiger charge is -2.14. The fourth-order valence-electron chi connectivity index (χ4n) is 1.82. The fourth-order valence-corrected chi connectivity index (χ4v) is 2.30. The van der Waals surface area contributed by atoms with Gasteiger partial charge in [0.25, 0.3) is 5.92 Å². The molecule has 0 aliphatic heterocycles. The lowest BCUT2D eigenvalue weighted by Crippen LogP contribution is -2.41. The van der Waals surface area contributed by atoms with E-state index in [1.165, 1.54) is 0 Å². The second-order valence-electron chi connectivity index (χ2n) is 4.93. The van der Waals surface area contributed by atoms with Gasteiger partial charge < -0.3 is 15.5 Å². The van der Waals surface area contributed by atoms with E-state index in [4.69, 9.17) is 10.2 Å². The first-order chi connectivity index (χ1) is 10.9. The average Bonchev–Trinajstić information content (AvgIpc) is 3.00. The van der Waals surface area contributed by atoms with Crippen molar-refractivity contribution in [1.82, 2.24) is 10.3 Å². The highest BCUT2D eigenvalue weighted by Crippen LogP contribution is 2.28. The summed E-state index contributed by atoms with van der Waals surface area (Å²) in [4.78, 5) is 15.6. The molecule has 8 heteroatoms. The zero-order chi connectivity index (χ0) is 16.9. The van der Waals surface area contributed by atoms with Crippen LogP contribution in [-0.2, 0) is 11.2 Å². The summed E-state index contributed by atoms with van der Waals surface area (Å²) in [6.07, 6.45) is 1.80. The molecule has 0 atom stereocenters. The number of oxazole rings is 1. The van der Waals surface area contributed by atoms with Crippen molar-refractivity contribution in [3.05, 3.63) is 40.8 Å². The number of amides is 1. The van der Waals surface area contributed by atoms with Crippen LogP contribution in [0.15, 0.2) is 39.4 Å². The minimum atomic E-state index is -3.09. The lowest BCUT2D eigenvalue weighted by molar-refractivity contribution is -0.122. The van der Waals surface area contributed by atoms with Crippen molar-refractivity contribution >= 4 is 21.8 Å². The number of alkyl halides is 2. The molecule has 2 aromatic rings. The molecule has 2 rings (SSSR count). The predicted octanol–water partition coefficient (Wildman–Crippen LogP) is 2.75. The van der Waals surface area contributed by atoms with Gasteiger partial charge in [-0.1, -0.05) is 34.1 Å². The van der Waals surface area contributed by atoms with E-state index < -0.39 is 24.9 Å². The number of hydrogen-bond donors (Lipinski definition) is 2. The first-order valence-electron chi connectivity index (χ1n) is 6.95. The van der Waals surface area contributed by atoms with Gasteiger partial charge in [0, 0.05) is 22.9 Å². The maximum absolute atomic E-state index is 12.9. The van der Waals surface area contributed by atoms with Gasteiger partial charge in [-0.2, -0.15) is 0 Å². The number of aryl methyl sites for hydroxylation is 1. The Kier molecular flexibility index (Phi) is 5.84. The van der Waals surface area contributed by atoms with Crippen LogP contribution in [0.5, 0.6) is 0 Å². The summed E-state index contributed by atoms with van der Waals surface area (Å²) in [6, 6.07) is 7.50. The number of rotatable bonds is 7. The number of halogens is 3. The minimum Gasteiger partial charge on any atom is -0.441 e. The van der Waals surface area contributed by atoms with Crippen LogP contribution in [0.3, 0.4) is 0 Å². The van der Waals surface area contributed by atoms with Crippen LogP contribution < -0.4 is 11.1 Å². The maximum atomic E-state index is 12.9. The third-order valence-electron chi connectivity index (χ3n) is 3.10. The van der Waals surface area contributed by atoms with Gasteiger partial charge in [-0.15, -0.1) is 0 Å². The number of carbonyl (C=O) groups is 1. The first-order valence-corrected chi connectivity index (χ1v) is 7.75. The van der Waals surface area contributed by atoms with Gasteiger partial charge >= 0.3 is 0 Å². The van der Waals surface area contributed by atoms with E-state index in [-0.39, 0.29) is 12.8 Å². The average molecular weight is 388 g/mol. The second-order valence-corrected chi connectivity index (χ2v) is 5.79. The second kappa shape index (κ2) is 7.65. The highest BCUT2D eigenvalue weighted by molar-refractivity contribution is 9.10. The Labute approximate surface area is 140 Å². The summed E-state index contributed by atoms with van der Waals surface area (Å²) in [7, 11) is 0. The van der Waals surface area contributed by atoms with Gasteiger partial charge in [-0.25, -0.2) is 13.8 Å². The highest BCUT2D eigenvalue weighted by atomic mass is 79.9. The van der Waals surface area contributed by atoms with E-state index in [2.05, 4.69) is 26.2 Å². The molecule has 1 aromatic heterocycles. The number of benzene rings is 1. The van der Waals surface area contributed by atoms with E-state index in [1.807, 2.05) is 24.3 Å². The maximum Gasteiger partial charge on any atom is 0.277 e. The van der Waals surface area contributed by atoms with Crippen LogP contribution in [-0.4, -0.2) is 29.9 Å². The van der Waals surface area contributed by atoms with E-state index in [9.17, 15) is 13.6 Å². The molecule has 124 valence electrons. The molecule has 1 heterocycles. The molecule has 3 N–H and O–H groups in total. The third kappa shape index (κ3) is 5.11. The van der Waals surface area contributed by atoms with Crippen molar-refractivity contribution in [2.75, 3.05) is 13.1 Å². The molecule has 23 heavy (non-hydrogen) atoms. The molecule has 0 aliphatic rings. The fraction of sp³-hybridized carbons (Fsp3) is 0.333. The number of nitrogens with zero attached hydrogens (tertiary/aromatic N) is 1. The molecular formula is C15H16BrF2N3O2. The van der Waals surface area contributed by atoms with E-state index in [0.717, 1.165) is 10.0 Å². The normalized spacial score (nSPS) is 11.5. The molecule has 0 spiro atoms. The number of aromatic nitrogens is 1. The molecule has 0 fully saturated rings. The molecule has 0 aliphatic carbocycles. The molecule has 1 amide bonds. The summed E-state index contributed by atoms with van der Waals surface area (Å²) >= 11 is 3.42. The minimum absolute atomic E-state index is 0.0105. The van der Waals surface area contributed by atoms with E-state index >= 15 is 0 Å². The van der Waals surface area contributed by atoms with Crippen molar-refractivity contribution in [2.45, 2.75) is 18.8 Å². The molecule has 0 radical (unpaired) electrons. The van der Waals surface area contributed by atoms with Crippen LogP contribution in [0.25, 0.3) is 11.3 Å². The largest absolute Gasteiger partial charge is 0.441 e. The molecule has 1 aromatic carbocycles. The monoisotopic (exact) mass is 387 g/mol. The standard InChI is InChI=1S/C15H16BrF2N3O2/c16-11-4-2-1-3-10(11)12-7-20-14(23-12)6-5-13(22)21-9-15(17,18)8-19/h1-4,7H,5-6,8-9,19H2,(H,21,22). The van der Waals surface area contributed by atoms with Gasteiger partial charge in [-0.05, 0) is 6.07 Å². The van der Waals surface area contributed by atoms with Crippen molar-refractivity contribution in [3.8, 4) is 11.3 Å². The van der Waals surface area contributed by atoms with Crippen LogP contribution >= 0.6 is 15.9 Å². The first kappa shape index (κ1) is 17.6. The van der Waals surface area contributed by atoms with E-state index in [1.54, 1.807) is 6.20 Å². The molecule has 5 nitrogen and oxygen atoms in total. The van der Waals surface area contributed by atoms with Crippen molar-refractivity contribution in [3.63, 3.8) is 0 Å². The summed E-state index contributed by atoms with van der Waals surface area (Å²) in [5.41, 5.74) is 5.74. The Morgan fingerprint density at radius 1 is 1.39 bits per heavy atom. The Bertz CT molecular complexity index is 676. The summed E-state index contributed by atoms with van der Waals surface area (Å²) in [5.74, 6) is -2.65. The zero-order valence-corrected chi connectivity index (χ0v) is 13.8. The number of nitrogens with two attached hydrogens (primary N) is 1. The molecule has 0 bridgehead atoms. The van der Waals surface area contributed by atoms with Gasteiger partial charge in [0.05, 0.1) is 19.3 Å². The smallest absolute Gasteiger partial charge is 0.277 e. The zero-order valence-electron chi connectivity index (χ0n) is 12.2. The number of carbonyl (C=O) groups excluding carboxylic acids is 1. The Morgan fingerprint density at radius 3 is 2.83 bits per heavy atom. The van der Waals surface area contributed by atoms with Crippen LogP contribution in [0.4, 0.5) is 8.78 Å². The van der Waals surface area contributed by atoms with Crippen molar-refractivity contribution in [2.24, 2.45) is 5.73 Å². The summed E-state index contributed by atoms with van der Waals surface area (Å²) < 4.78 is 32.3. The topological polar surface area (TPSA) is 81.1 Å². The quantitative estimate of drug-likeness (QED) is 0.765. The summed E-state index contributed by atoms with van der Waals surface area (Å²) in [5, 5.41) is 2.15.